The number of ether oxygens (including phenoxy) is 2. The van der Waals surface area contributed by atoms with Gasteiger partial charge in [0.05, 0.1) is 13.2 Å². The van der Waals surface area contributed by atoms with E-state index in [1.807, 2.05) is 12.1 Å². The average molecular weight is 249 g/mol. The van der Waals surface area contributed by atoms with E-state index in [9.17, 15) is 0 Å². The van der Waals surface area contributed by atoms with E-state index in [1.54, 1.807) is 7.11 Å². The van der Waals surface area contributed by atoms with Crippen molar-refractivity contribution in [1.29, 1.82) is 0 Å². The number of nitrogens with one attached hydrogen (secondary N) is 1. The van der Waals surface area contributed by atoms with Gasteiger partial charge < -0.3 is 14.8 Å². The van der Waals surface area contributed by atoms with Crippen LogP contribution in [-0.4, -0.2) is 26.3 Å². The zero-order valence-electron chi connectivity index (χ0n) is 11.5. The number of hydrogen-bond acceptors (Lipinski definition) is 3. The number of hydrogen-bond donors (Lipinski definition) is 1. The van der Waals surface area contributed by atoms with Crippen LogP contribution in [-0.2, 0) is 4.74 Å². The summed E-state index contributed by atoms with van der Waals surface area (Å²) in [5, 5.41) is 3.60. The highest BCUT2D eigenvalue weighted by Crippen LogP contribution is 2.23. The summed E-state index contributed by atoms with van der Waals surface area (Å²) in [6.07, 6.45) is 1.24. The molecule has 0 radical (unpaired) electrons. The van der Waals surface area contributed by atoms with E-state index in [1.165, 1.54) is 5.56 Å². The quantitative estimate of drug-likeness (QED) is 0.893. The van der Waals surface area contributed by atoms with Crippen LogP contribution >= 0.6 is 0 Å². The fourth-order valence-corrected chi connectivity index (χ4v) is 2.36. The Bertz CT molecular complexity index is 361. The first-order valence-corrected chi connectivity index (χ1v) is 6.69. The Morgan fingerprint density at radius 2 is 2.00 bits per heavy atom. The van der Waals surface area contributed by atoms with Gasteiger partial charge in [0.2, 0.25) is 0 Å². The van der Waals surface area contributed by atoms with E-state index < -0.39 is 0 Å². The second-order valence-corrected chi connectivity index (χ2v) is 5.18. The van der Waals surface area contributed by atoms with Crippen molar-refractivity contribution < 1.29 is 9.47 Å². The molecule has 0 aromatic heterocycles. The number of benzene rings is 1. The van der Waals surface area contributed by atoms with Gasteiger partial charge in [-0.1, -0.05) is 26.0 Å². The van der Waals surface area contributed by atoms with Crippen LogP contribution in [0.25, 0.3) is 0 Å². The van der Waals surface area contributed by atoms with Crippen LogP contribution < -0.4 is 10.1 Å². The molecule has 1 aliphatic heterocycles. The summed E-state index contributed by atoms with van der Waals surface area (Å²) in [6, 6.07) is 8.71. The molecular weight excluding hydrogens is 226 g/mol. The van der Waals surface area contributed by atoms with Gasteiger partial charge in [-0.2, -0.15) is 0 Å². The maximum atomic E-state index is 5.94. The fraction of sp³-hybridized carbons (Fsp3) is 0.600. The third kappa shape index (κ3) is 3.24. The molecule has 0 bridgehead atoms. The van der Waals surface area contributed by atoms with Gasteiger partial charge in [0.25, 0.3) is 0 Å². The standard InChI is InChI=1S/C15H23NO2/c1-11(2)14-8-9-18-15(10-16-14)12-4-6-13(17-3)7-5-12/h4-7,11,14-16H,8-10H2,1-3H3. The van der Waals surface area contributed by atoms with Gasteiger partial charge in [-0.25, -0.2) is 0 Å². The molecule has 100 valence electrons. The molecule has 2 atom stereocenters. The molecule has 1 aromatic rings. The summed E-state index contributed by atoms with van der Waals surface area (Å²) in [5.41, 5.74) is 1.22. The van der Waals surface area contributed by atoms with Crippen molar-refractivity contribution in [2.45, 2.75) is 32.4 Å². The monoisotopic (exact) mass is 249 g/mol. The predicted octanol–water partition coefficient (Wildman–Crippen LogP) is 2.77. The lowest BCUT2D eigenvalue weighted by Crippen LogP contribution is -2.34. The van der Waals surface area contributed by atoms with Crippen LogP contribution in [0.2, 0.25) is 0 Å². The predicted molar refractivity (Wildman–Crippen MR) is 72.9 cm³/mol. The summed E-state index contributed by atoms with van der Waals surface area (Å²) < 4.78 is 11.1. The molecule has 3 nitrogen and oxygen atoms in total. The van der Waals surface area contributed by atoms with E-state index in [-0.39, 0.29) is 6.10 Å². The van der Waals surface area contributed by atoms with Gasteiger partial charge in [-0.05, 0) is 30.0 Å². The maximum Gasteiger partial charge on any atom is 0.118 e. The first kappa shape index (κ1) is 13.4. The van der Waals surface area contributed by atoms with Crippen LogP contribution in [0.1, 0.15) is 31.9 Å². The molecule has 0 saturated carbocycles. The highest BCUT2D eigenvalue weighted by Gasteiger charge is 2.21. The lowest BCUT2D eigenvalue weighted by atomic mass is 10.0. The summed E-state index contributed by atoms with van der Waals surface area (Å²) in [6.45, 7) is 6.22. The van der Waals surface area contributed by atoms with E-state index >= 15 is 0 Å². The zero-order chi connectivity index (χ0) is 13.0. The minimum Gasteiger partial charge on any atom is -0.497 e. The lowest BCUT2D eigenvalue weighted by Gasteiger charge is -2.20. The Labute approximate surface area is 109 Å². The van der Waals surface area contributed by atoms with Crippen molar-refractivity contribution in [3.8, 4) is 5.75 Å². The third-order valence-electron chi connectivity index (χ3n) is 3.61. The van der Waals surface area contributed by atoms with Crippen molar-refractivity contribution in [1.82, 2.24) is 5.32 Å². The van der Waals surface area contributed by atoms with Gasteiger partial charge in [-0.15, -0.1) is 0 Å². The molecule has 1 heterocycles. The minimum atomic E-state index is 0.152. The first-order chi connectivity index (χ1) is 8.70. The van der Waals surface area contributed by atoms with E-state index in [4.69, 9.17) is 9.47 Å². The second-order valence-electron chi connectivity index (χ2n) is 5.18. The molecule has 3 heteroatoms. The molecule has 1 N–H and O–H groups in total. The molecule has 0 amide bonds. The van der Waals surface area contributed by atoms with Crippen molar-refractivity contribution >= 4 is 0 Å². The third-order valence-corrected chi connectivity index (χ3v) is 3.61. The van der Waals surface area contributed by atoms with E-state index in [0.29, 0.717) is 12.0 Å². The van der Waals surface area contributed by atoms with Gasteiger partial charge >= 0.3 is 0 Å². The second kappa shape index (κ2) is 6.21. The SMILES string of the molecule is COc1ccc(C2CNC(C(C)C)CCO2)cc1. The van der Waals surface area contributed by atoms with Crippen molar-refractivity contribution in [3.63, 3.8) is 0 Å². The lowest BCUT2D eigenvalue weighted by molar-refractivity contribution is 0.0660. The molecule has 2 rings (SSSR count). The Kier molecular flexibility index (Phi) is 4.61. The van der Waals surface area contributed by atoms with Crippen molar-refractivity contribution in [2.24, 2.45) is 5.92 Å². The molecule has 18 heavy (non-hydrogen) atoms. The minimum absolute atomic E-state index is 0.152. The largest absolute Gasteiger partial charge is 0.497 e. The van der Waals surface area contributed by atoms with Crippen LogP contribution in [0.4, 0.5) is 0 Å². The van der Waals surface area contributed by atoms with Gasteiger partial charge in [0.1, 0.15) is 5.75 Å². The Morgan fingerprint density at radius 1 is 1.28 bits per heavy atom. The van der Waals surface area contributed by atoms with Crippen LogP contribution in [0.3, 0.4) is 0 Å². The Balaban J connectivity index is 2.00. The molecule has 1 aromatic carbocycles. The normalized spacial score (nSPS) is 24.9. The molecule has 1 aliphatic rings. The van der Waals surface area contributed by atoms with Crippen molar-refractivity contribution in [3.05, 3.63) is 29.8 Å². The van der Waals surface area contributed by atoms with Crippen LogP contribution in [0, 0.1) is 5.92 Å². The van der Waals surface area contributed by atoms with E-state index in [0.717, 1.165) is 25.3 Å². The molecular formula is C15H23NO2. The summed E-state index contributed by atoms with van der Waals surface area (Å²) in [4.78, 5) is 0. The highest BCUT2D eigenvalue weighted by molar-refractivity contribution is 5.28. The summed E-state index contributed by atoms with van der Waals surface area (Å²) in [7, 11) is 1.69. The smallest absolute Gasteiger partial charge is 0.118 e. The fourth-order valence-electron chi connectivity index (χ4n) is 2.36. The van der Waals surface area contributed by atoms with Gasteiger partial charge in [0, 0.05) is 19.2 Å². The molecule has 0 aliphatic carbocycles. The van der Waals surface area contributed by atoms with Gasteiger partial charge in [0.15, 0.2) is 0 Å². The summed E-state index contributed by atoms with van der Waals surface area (Å²) >= 11 is 0. The van der Waals surface area contributed by atoms with E-state index in [2.05, 4.69) is 31.3 Å². The first-order valence-electron chi connectivity index (χ1n) is 6.69. The Hall–Kier alpha value is -1.06. The molecule has 1 fully saturated rings. The highest BCUT2D eigenvalue weighted by atomic mass is 16.5. The van der Waals surface area contributed by atoms with Crippen molar-refractivity contribution in [2.75, 3.05) is 20.3 Å². The van der Waals surface area contributed by atoms with Crippen LogP contribution in [0.5, 0.6) is 5.75 Å². The van der Waals surface area contributed by atoms with Gasteiger partial charge in [-0.3, -0.25) is 0 Å². The molecule has 1 saturated heterocycles. The zero-order valence-corrected chi connectivity index (χ0v) is 11.5. The average Bonchev–Trinajstić information content (AvgIpc) is 2.64. The number of rotatable bonds is 3. The molecule has 0 spiro atoms. The molecule has 2 unspecified atom stereocenters. The maximum absolute atomic E-state index is 5.94. The summed E-state index contributed by atoms with van der Waals surface area (Å²) in [5.74, 6) is 1.55. The van der Waals surface area contributed by atoms with Crippen LogP contribution in [0.15, 0.2) is 24.3 Å². The topological polar surface area (TPSA) is 30.5 Å². The Morgan fingerprint density at radius 3 is 2.61 bits per heavy atom. The number of methoxy groups -OCH3 is 1.